The van der Waals surface area contributed by atoms with E-state index < -0.39 is 11.4 Å². The van der Waals surface area contributed by atoms with Crippen LogP contribution in [-0.2, 0) is 6.54 Å². The minimum absolute atomic E-state index is 0.261. The molecule has 0 atom stereocenters. The van der Waals surface area contributed by atoms with Crippen molar-refractivity contribution in [2.24, 2.45) is 0 Å². The Kier molecular flexibility index (Phi) is 4.91. The van der Waals surface area contributed by atoms with Crippen LogP contribution in [0.4, 0.5) is 0 Å². The van der Waals surface area contributed by atoms with Gasteiger partial charge in [-0.2, -0.15) is 0 Å². The third kappa shape index (κ3) is 3.47. The Bertz CT molecular complexity index is 1010. The first-order valence-electron chi connectivity index (χ1n) is 7.18. The minimum atomic E-state index is -0.698. The van der Waals surface area contributed by atoms with Gasteiger partial charge < -0.3 is 9.15 Å². The molecule has 0 aliphatic rings. The maximum Gasteiger partial charge on any atom is 0.422 e. The van der Waals surface area contributed by atoms with E-state index in [2.05, 4.69) is 31.9 Å². The molecular formula is C17H13Br2NO4. The van der Waals surface area contributed by atoms with Gasteiger partial charge in [0.05, 0.1) is 17.4 Å². The second-order valence-electron chi connectivity index (χ2n) is 5.25. The van der Waals surface area contributed by atoms with Crippen LogP contribution in [0.25, 0.3) is 10.9 Å². The molecule has 0 aliphatic heterocycles. The molecule has 1 aromatic heterocycles. The van der Waals surface area contributed by atoms with Crippen LogP contribution < -0.4 is 16.1 Å². The highest BCUT2D eigenvalue weighted by atomic mass is 79.9. The van der Waals surface area contributed by atoms with Crippen LogP contribution in [-0.4, -0.2) is 11.2 Å². The van der Waals surface area contributed by atoms with Gasteiger partial charge in [0, 0.05) is 8.95 Å². The second kappa shape index (κ2) is 6.94. The third-order valence-electron chi connectivity index (χ3n) is 3.50. The van der Waals surface area contributed by atoms with E-state index in [1.807, 2.05) is 37.3 Å². The number of hydrogen-bond donors (Lipinski definition) is 0. The first kappa shape index (κ1) is 17.0. The predicted molar refractivity (Wildman–Crippen MR) is 98.8 cm³/mol. The summed E-state index contributed by atoms with van der Waals surface area (Å²) < 4.78 is 13.5. The Morgan fingerprint density at radius 2 is 1.83 bits per heavy atom. The lowest BCUT2D eigenvalue weighted by Crippen LogP contribution is -2.27. The number of rotatable bonds is 4. The van der Waals surface area contributed by atoms with Gasteiger partial charge in [-0.25, -0.2) is 9.59 Å². The zero-order valence-corrected chi connectivity index (χ0v) is 15.9. The van der Waals surface area contributed by atoms with Crippen molar-refractivity contribution in [3.63, 3.8) is 0 Å². The third-order valence-corrected chi connectivity index (χ3v) is 4.63. The van der Waals surface area contributed by atoms with E-state index in [0.717, 1.165) is 10.0 Å². The standard InChI is InChI=1S/C17H13Br2NO4/c1-10-8-13-15(14(19)9-10)20(17(22)24-16(13)21)6-7-23-12-4-2-11(18)3-5-12/h2-5,8-9H,6-7H2,1H3. The fourth-order valence-electron chi connectivity index (χ4n) is 2.43. The second-order valence-corrected chi connectivity index (χ2v) is 7.02. The number of benzene rings is 2. The normalized spacial score (nSPS) is 11.0. The van der Waals surface area contributed by atoms with Crippen molar-refractivity contribution in [1.29, 1.82) is 0 Å². The van der Waals surface area contributed by atoms with Gasteiger partial charge >= 0.3 is 11.4 Å². The summed E-state index contributed by atoms with van der Waals surface area (Å²) in [7, 11) is 0. The summed E-state index contributed by atoms with van der Waals surface area (Å²) in [6.45, 7) is 2.40. The predicted octanol–water partition coefficient (Wildman–Crippen LogP) is 3.87. The van der Waals surface area contributed by atoms with Crippen molar-refractivity contribution in [2.45, 2.75) is 13.5 Å². The molecule has 0 fully saturated rings. The molecule has 1 heterocycles. The first-order chi connectivity index (χ1) is 11.5. The number of aromatic nitrogens is 1. The van der Waals surface area contributed by atoms with Crippen molar-refractivity contribution in [2.75, 3.05) is 6.61 Å². The van der Waals surface area contributed by atoms with Gasteiger partial charge in [0.2, 0.25) is 0 Å². The summed E-state index contributed by atoms with van der Waals surface area (Å²) in [5, 5.41) is 0.366. The van der Waals surface area contributed by atoms with Crippen LogP contribution in [0, 0.1) is 6.92 Å². The number of hydrogen-bond acceptors (Lipinski definition) is 4. The van der Waals surface area contributed by atoms with Crippen LogP contribution >= 0.6 is 31.9 Å². The molecule has 3 aromatic rings. The van der Waals surface area contributed by atoms with Gasteiger partial charge in [0.1, 0.15) is 12.4 Å². The molecule has 7 heteroatoms. The van der Waals surface area contributed by atoms with Gasteiger partial charge in [-0.15, -0.1) is 0 Å². The van der Waals surface area contributed by atoms with Crippen molar-refractivity contribution in [3.05, 3.63) is 71.9 Å². The van der Waals surface area contributed by atoms with Crippen molar-refractivity contribution in [1.82, 2.24) is 4.57 Å². The quantitative estimate of drug-likeness (QED) is 0.600. The summed E-state index contributed by atoms with van der Waals surface area (Å²) in [4.78, 5) is 24.0. The maximum absolute atomic E-state index is 12.1. The monoisotopic (exact) mass is 453 g/mol. The molecule has 0 radical (unpaired) electrons. The molecule has 3 rings (SSSR count). The van der Waals surface area contributed by atoms with Gasteiger partial charge in [-0.1, -0.05) is 15.9 Å². The van der Waals surface area contributed by atoms with E-state index in [1.165, 1.54) is 4.57 Å². The molecule has 5 nitrogen and oxygen atoms in total. The number of nitrogens with zero attached hydrogens (tertiary/aromatic N) is 1. The fourth-order valence-corrected chi connectivity index (χ4v) is 3.49. The highest BCUT2D eigenvalue weighted by Crippen LogP contribution is 2.23. The minimum Gasteiger partial charge on any atom is -0.492 e. The highest BCUT2D eigenvalue weighted by molar-refractivity contribution is 9.11. The molecule has 0 spiro atoms. The van der Waals surface area contributed by atoms with Crippen LogP contribution in [0.5, 0.6) is 5.75 Å². The van der Waals surface area contributed by atoms with E-state index in [-0.39, 0.29) is 13.2 Å². The largest absolute Gasteiger partial charge is 0.492 e. The van der Waals surface area contributed by atoms with Gasteiger partial charge in [-0.05, 0) is 64.8 Å². The molecule has 0 bridgehead atoms. The molecule has 0 saturated heterocycles. The van der Waals surface area contributed by atoms with Crippen LogP contribution in [0.1, 0.15) is 5.56 Å². The van der Waals surface area contributed by atoms with E-state index in [0.29, 0.717) is 21.1 Å². The number of ether oxygens (including phenoxy) is 1. The summed E-state index contributed by atoms with van der Waals surface area (Å²) in [5.41, 5.74) is 0.781. The smallest absolute Gasteiger partial charge is 0.422 e. The summed E-state index contributed by atoms with van der Waals surface area (Å²) >= 11 is 6.78. The van der Waals surface area contributed by atoms with E-state index >= 15 is 0 Å². The molecule has 0 N–H and O–H groups in total. The van der Waals surface area contributed by atoms with Crippen molar-refractivity contribution in [3.8, 4) is 5.75 Å². The molecule has 0 saturated carbocycles. The molecule has 0 amide bonds. The Morgan fingerprint density at radius 1 is 1.12 bits per heavy atom. The topological polar surface area (TPSA) is 61.4 Å². The van der Waals surface area contributed by atoms with E-state index in [1.54, 1.807) is 6.07 Å². The van der Waals surface area contributed by atoms with E-state index in [9.17, 15) is 9.59 Å². The molecule has 0 aliphatic carbocycles. The average Bonchev–Trinajstić information content (AvgIpc) is 2.52. The average molecular weight is 455 g/mol. The van der Waals surface area contributed by atoms with Gasteiger partial charge in [0.25, 0.3) is 0 Å². The Balaban J connectivity index is 1.93. The molecule has 124 valence electrons. The first-order valence-corrected chi connectivity index (χ1v) is 8.76. The molecular weight excluding hydrogens is 442 g/mol. The summed E-state index contributed by atoms with van der Waals surface area (Å²) in [6, 6.07) is 11.0. The molecule has 2 aromatic carbocycles. The lowest BCUT2D eigenvalue weighted by atomic mass is 10.2. The van der Waals surface area contributed by atoms with Crippen LogP contribution in [0.3, 0.4) is 0 Å². The lowest BCUT2D eigenvalue weighted by molar-refractivity contribution is 0.287. The van der Waals surface area contributed by atoms with Gasteiger partial charge in [-0.3, -0.25) is 4.57 Å². The fraction of sp³-hybridized carbons (Fsp3) is 0.176. The van der Waals surface area contributed by atoms with Crippen molar-refractivity contribution >= 4 is 42.8 Å². The number of aryl methyl sites for hydroxylation is 1. The Labute approximate surface area is 154 Å². The van der Waals surface area contributed by atoms with Crippen LogP contribution in [0.2, 0.25) is 0 Å². The molecule has 24 heavy (non-hydrogen) atoms. The SMILES string of the molecule is Cc1cc(Br)c2c(c1)c(=O)oc(=O)n2CCOc1ccc(Br)cc1. The lowest BCUT2D eigenvalue weighted by Gasteiger charge is -2.12. The van der Waals surface area contributed by atoms with Gasteiger partial charge in [0.15, 0.2) is 0 Å². The molecule has 0 unspecified atom stereocenters. The zero-order valence-electron chi connectivity index (χ0n) is 12.7. The highest BCUT2D eigenvalue weighted by Gasteiger charge is 2.13. The zero-order chi connectivity index (χ0) is 17.3. The Hall–Kier alpha value is -1.86. The van der Waals surface area contributed by atoms with Crippen LogP contribution in [0.15, 0.2) is 59.3 Å². The number of fused-ring (bicyclic) bond motifs is 1. The van der Waals surface area contributed by atoms with Crippen molar-refractivity contribution < 1.29 is 9.15 Å². The Morgan fingerprint density at radius 3 is 2.54 bits per heavy atom. The summed E-state index contributed by atoms with van der Waals surface area (Å²) in [6.07, 6.45) is 0. The van der Waals surface area contributed by atoms with E-state index in [4.69, 9.17) is 9.15 Å². The maximum atomic E-state index is 12.1. The summed E-state index contributed by atoms with van der Waals surface area (Å²) in [5.74, 6) is -0.000641. The number of halogens is 2.